The monoisotopic (exact) mass is 197 g/mol. The Labute approximate surface area is 81.7 Å². The summed E-state index contributed by atoms with van der Waals surface area (Å²) in [6.45, 7) is -0.299. The van der Waals surface area contributed by atoms with Crippen molar-refractivity contribution in [1.29, 1.82) is 0 Å². The molecular weight excluding hydrogens is 185 g/mol. The van der Waals surface area contributed by atoms with Gasteiger partial charge in [0.2, 0.25) is 0 Å². The van der Waals surface area contributed by atoms with Crippen LogP contribution in [0.2, 0.25) is 0 Å². The Bertz CT molecular complexity index is 297. The van der Waals surface area contributed by atoms with E-state index in [1.165, 1.54) is 12.1 Å². The van der Waals surface area contributed by atoms with Gasteiger partial charge in [-0.1, -0.05) is 12.1 Å². The Morgan fingerprint density at radius 1 is 1.21 bits per heavy atom. The number of nitro benzene ring substituents is 1. The zero-order chi connectivity index (χ0) is 10.4. The zero-order valence-corrected chi connectivity index (χ0v) is 7.78. The van der Waals surface area contributed by atoms with Gasteiger partial charge in [-0.3, -0.25) is 14.5 Å². The third-order valence-electron chi connectivity index (χ3n) is 2.00. The number of unbranched alkanes of at least 4 members (excludes halogenated alkanes) is 1. The molecule has 4 heteroatoms. The summed E-state index contributed by atoms with van der Waals surface area (Å²) >= 11 is 0. The van der Waals surface area contributed by atoms with Crippen molar-refractivity contribution >= 4 is 5.69 Å². The molecule has 76 valence electrons. The first-order valence-corrected chi connectivity index (χ1v) is 4.53. The van der Waals surface area contributed by atoms with E-state index in [1.807, 2.05) is 0 Å². The highest BCUT2D eigenvalue weighted by atomic mass is 19.1. The van der Waals surface area contributed by atoms with Crippen molar-refractivity contribution in [2.75, 3.05) is 6.67 Å². The zero-order valence-electron chi connectivity index (χ0n) is 7.78. The summed E-state index contributed by atoms with van der Waals surface area (Å²) in [5, 5.41) is 10.3. The van der Waals surface area contributed by atoms with Crippen molar-refractivity contribution in [2.45, 2.75) is 19.3 Å². The predicted molar refractivity (Wildman–Crippen MR) is 52.0 cm³/mol. The molecule has 0 N–H and O–H groups in total. The van der Waals surface area contributed by atoms with Crippen LogP contribution in [-0.2, 0) is 6.42 Å². The Hall–Kier alpha value is -1.45. The molecule has 0 saturated heterocycles. The highest BCUT2D eigenvalue weighted by molar-refractivity contribution is 5.32. The molecule has 0 aromatic heterocycles. The largest absolute Gasteiger partial charge is 0.269 e. The van der Waals surface area contributed by atoms with Crippen LogP contribution in [0.25, 0.3) is 0 Å². The number of hydrogen-bond donors (Lipinski definition) is 0. The lowest BCUT2D eigenvalue weighted by Gasteiger charge is -1.98. The highest BCUT2D eigenvalue weighted by Crippen LogP contribution is 2.13. The van der Waals surface area contributed by atoms with Gasteiger partial charge in [-0.05, 0) is 24.8 Å². The van der Waals surface area contributed by atoms with Gasteiger partial charge < -0.3 is 0 Å². The maximum atomic E-state index is 11.8. The number of non-ortho nitro benzene ring substituents is 1. The van der Waals surface area contributed by atoms with Crippen LogP contribution in [0, 0.1) is 10.1 Å². The molecule has 0 saturated carbocycles. The summed E-state index contributed by atoms with van der Waals surface area (Å²) in [5.74, 6) is 0. The smallest absolute Gasteiger partial charge is 0.258 e. The SMILES string of the molecule is O=[N+]([O-])c1ccc(CCCCF)cc1. The third kappa shape index (κ3) is 3.12. The molecule has 0 fully saturated rings. The van der Waals surface area contributed by atoms with Gasteiger partial charge in [0, 0.05) is 12.1 Å². The van der Waals surface area contributed by atoms with Crippen molar-refractivity contribution in [3.63, 3.8) is 0 Å². The van der Waals surface area contributed by atoms with Gasteiger partial charge in [0.05, 0.1) is 11.6 Å². The van der Waals surface area contributed by atoms with E-state index in [9.17, 15) is 14.5 Å². The fourth-order valence-electron chi connectivity index (χ4n) is 1.21. The van der Waals surface area contributed by atoms with Gasteiger partial charge in [0.25, 0.3) is 5.69 Å². The molecule has 0 aliphatic rings. The molecule has 1 aromatic carbocycles. The average molecular weight is 197 g/mol. The van der Waals surface area contributed by atoms with Crippen LogP contribution in [0.1, 0.15) is 18.4 Å². The normalized spacial score (nSPS) is 10.1. The molecule has 0 heterocycles. The third-order valence-corrected chi connectivity index (χ3v) is 2.00. The predicted octanol–water partition coefficient (Wildman–Crippen LogP) is 2.89. The summed E-state index contributed by atoms with van der Waals surface area (Å²) < 4.78 is 11.8. The van der Waals surface area contributed by atoms with Crippen molar-refractivity contribution in [3.8, 4) is 0 Å². The van der Waals surface area contributed by atoms with E-state index in [0.717, 1.165) is 18.4 Å². The van der Waals surface area contributed by atoms with Crippen LogP contribution < -0.4 is 0 Å². The lowest BCUT2D eigenvalue weighted by atomic mass is 10.1. The first-order valence-electron chi connectivity index (χ1n) is 4.53. The van der Waals surface area contributed by atoms with E-state index in [0.29, 0.717) is 6.42 Å². The lowest BCUT2D eigenvalue weighted by Crippen LogP contribution is -1.90. The van der Waals surface area contributed by atoms with Crippen molar-refractivity contribution in [1.82, 2.24) is 0 Å². The lowest BCUT2D eigenvalue weighted by molar-refractivity contribution is -0.384. The molecule has 0 unspecified atom stereocenters. The molecule has 0 radical (unpaired) electrons. The Morgan fingerprint density at radius 3 is 2.36 bits per heavy atom. The molecule has 3 nitrogen and oxygen atoms in total. The number of alkyl halides is 1. The van der Waals surface area contributed by atoms with Gasteiger partial charge in [0.1, 0.15) is 0 Å². The van der Waals surface area contributed by atoms with E-state index < -0.39 is 4.92 Å². The fraction of sp³-hybridized carbons (Fsp3) is 0.400. The maximum Gasteiger partial charge on any atom is 0.269 e. The fourth-order valence-corrected chi connectivity index (χ4v) is 1.21. The first kappa shape index (κ1) is 10.6. The van der Waals surface area contributed by atoms with Crippen molar-refractivity contribution in [3.05, 3.63) is 39.9 Å². The molecule has 1 rings (SSSR count). The van der Waals surface area contributed by atoms with E-state index in [-0.39, 0.29) is 12.4 Å². The van der Waals surface area contributed by atoms with Crippen molar-refractivity contribution in [2.24, 2.45) is 0 Å². The van der Waals surface area contributed by atoms with E-state index in [1.54, 1.807) is 12.1 Å². The molecule has 0 atom stereocenters. The second kappa shape index (κ2) is 5.32. The van der Waals surface area contributed by atoms with E-state index in [4.69, 9.17) is 0 Å². The summed E-state index contributed by atoms with van der Waals surface area (Å²) in [6, 6.07) is 6.39. The van der Waals surface area contributed by atoms with Crippen LogP contribution in [-0.4, -0.2) is 11.6 Å². The van der Waals surface area contributed by atoms with Crippen LogP contribution in [0.4, 0.5) is 10.1 Å². The molecular formula is C10H12FNO2. The standard InChI is InChI=1S/C10H12FNO2/c11-8-2-1-3-9-4-6-10(7-5-9)12(13)14/h4-7H,1-3,8H2. The van der Waals surface area contributed by atoms with Gasteiger partial charge in [-0.2, -0.15) is 0 Å². The molecule has 0 aliphatic carbocycles. The van der Waals surface area contributed by atoms with E-state index >= 15 is 0 Å². The minimum absolute atomic E-state index is 0.0965. The van der Waals surface area contributed by atoms with Gasteiger partial charge in [0.15, 0.2) is 0 Å². The van der Waals surface area contributed by atoms with Crippen LogP contribution in [0.5, 0.6) is 0 Å². The number of rotatable bonds is 5. The Kier molecular flexibility index (Phi) is 4.04. The van der Waals surface area contributed by atoms with Gasteiger partial charge in [-0.25, -0.2) is 0 Å². The van der Waals surface area contributed by atoms with Crippen LogP contribution >= 0.6 is 0 Å². The summed E-state index contributed by atoms with van der Waals surface area (Å²) in [4.78, 5) is 9.90. The second-order valence-corrected chi connectivity index (χ2v) is 3.07. The van der Waals surface area contributed by atoms with Crippen molar-refractivity contribution < 1.29 is 9.31 Å². The minimum Gasteiger partial charge on any atom is -0.258 e. The molecule has 1 aromatic rings. The topological polar surface area (TPSA) is 43.1 Å². The van der Waals surface area contributed by atoms with Crippen LogP contribution in [0.3, 0.4) is 0 Å². The Balaban J connectivity index is 2.51. The van der Waals surface area contributed by atoms with Crippen LogP contribution in [0.15, 0.2) is 24.3 Å². The number of benzene rings is 1. The average Bonchev–Trinajstić information content (AvgIpc) is 2.19. The number of nitro groups is 1. The summed E-state index contributed by atoms with van der Waals surface area (Å²) in [5.41, 5.74) is 1.11. The summed E-state index contributed by atoms with van der Waals surface area (Å²) in [6.07, 6.45) is 2.12. The van der Waals surface area contributed by atoms with Gasteiger partial charge in [-0.15, -0.1) is 0 Å². The second-order valence-electron chi connectivity index (χ2n) is 3.07. The number of aryl methyl sites for hydroxylation is 1. The number of nitrogens with zero attached hydrogens (tertiary/aromatic N) is 1. The Morgan fingerprint density at radius 2 is 1.86 bits per heavy atom. The summed E-state index contributed by atoms with van der Waals surface area (Å²) in [7, 11) is 0. The molecule has 0 bridgehead atoms. The van der Waals surface area contributed by atoms with E-state index in [2.05, 4.69) is 0 Å². The maximum absolute atomic E-state index is 11.8. The highest BCUT2D eigenvalue weighted by Gasteiger charge is 2.03. The number of hydrogen-bond acceptors (Lipinski definition) is 2. The van der Waals surface area contributed by atoms with Gasteiger partial charge >= 0.3 is 0 Å². The minimum atomic E-state index is -0.425. The quantitative estimate of drug-likeness (QED) is 0.414. The first-order chi connectivity index (χ1) is 6.74. The molecule has 0 amide bonds. The molecule has 0 spiro atoms. The number of halogens is 1. The molecule has 0 aliphatic heterocycles. The molecule has 14 heavy (non-hydrogen) atoms.